The van der Waals surface area contributed by atoms with Crippen LogP contribution in [0.4, 0.5) is 5.69 Å². The number of nitrogens with zero attached hydrogens (tertiary/aromatic N) is 3. The van der Waals surface area contributed by atoms with Crippen LogP contribution in [0, 0.1) is 0 Å². The monoisotopic (exact) mass is 467 g/mol. The fraction of sp³-hybridized carbons (Fsp3) is 0.261. The second-order valence-corrected chi connectivity index (χ2v) is 10.7. The maximum atomic E-state index is 13.3. The van der Waals surface area contributed by atoms with Crippen LogP contribution in [0.1, 0.15) is 18.9 Å². The summed E-state index contributed by atoms with van der Waals surface area (Å²) in [6, 6.07) is 12.1. The van der Waals surface area contributed by atoms with E-state index in [2.05, 4.69) is 6.07 Å². The molecule has 0 saturated heterocycles. The predicted octanol–water partition coefficient (Wildman–Crippen LogP) is 5.18. The second kappa shape index (κ2) is 8.26. The normalized spacial score (nSPS) is 14.6. The van der Waals surface area contributed by atoms with E-state index >= 15 is 0 Å². The van der Waals surface area contributed by atoms with Gasteiger partial charge in [0.25, 0.3) is 5.56 Å². The molecule has 0 fully saturated rings. The van der Waals surface area contributed by atoms with Gasteiger partial charge in [0.2, 0.25) is 5.91 Å². The van der Waals surface area contributed by atoms with E-state index in [9.17, 15) is 9.59 Å². The largest absolute Gasteiger partial charge is 0.311 e. The van der Waals surface area contributed by atoms with Gasteiger partial charge in [-0.15, -0.1) is 22.7 Å². The molecule has 0 bridgehead atoms. The highest BCUT2D eigenvalue weighted by Crippen LogP contribution is 2.35. The number of anilines is 1. The Kier molecular flexibility index (Phi) is 5.45. The third-order valence-electron chi connectivity index (χ3n) is 5.57. The molecular weight excluding hydrogens is 446 g/mol. The lowest BCUT2D eigenvalue weighted by atomic mass is 10.0. The van der Waals surface area contributed by atoms with Crippen LogP contribution in [-0.4, -0.2) is 27.3 Å². The number of aryl methyl sites for hydroxylation is 1. The molecule has 1 aromatic carbocycles. The smallest absolute Gasteiger partial charge is 0.263 e. The van der Waals surface area contributed by atoms with Gasteiger partial charge in [0.1, 0.15) is 4.83 Å². The fourth-order valence-electron chi connectivity index (χ4n) is 3.96. The Morgan fingerprint density at radius 1 is 1.19 bits per heavy atom. The Bertz CT molecular complexity index is 1320. The zero-order valence-electron chi connectivity index (χ0n) is 17.2. The number of fused-ring (bicyclic) bond motifs is 2. The molecule has 0 radical (unpaired) electrons. The average molecular weight is 468 g/mol. The van der Waals surface area contributed by atoms with Crippen LogP contribution in [0.25, 0.3) is 20.7 Å². The zero-order valence-corrected chi connectivity index (χ0v) is 19.6. The van der Waals surface area contributed by atoms with Gasteiger partial charge in [-0.2, -0.15) is 0 Å². The number of benzene rings is 1. The van der Waals surface area contributed by atoms with Crippen molar-refractivity contribution >= 4 is 56.2 Å². The van der Waals surface area contributed by atoms with Crippen molar-refractivity contribution in [3.63, 3.8) is 0 Å². The maximum Gasteiger partial charge on any atom is 0.263 e. The number of thioether (sulfide) groups is 1. The van der Waals surface area contributed by atoms with Crippen LogP contribution in [0.3, 0.4) is 0 Å². The Labute approximate surface area is 192 Å². The molecule has 1 amide bonds. The highest BCUT2D eigenvalue weighted by atomic mass is 32.2. The molecule has 0 aliphatic carbocycles. The quantitative estimate of drug-likeness (QED) is 0.306. The van der Waals surface area contributed by atoms with Crippen molar-refractivity contribution in [2.24, 2.45) is 7.05 Å². The molecular formula is C23H21N3O2S3. The third-order valence-corrected chi connectivity index (χ3v) is 8.47. The predicted molar refractivity (Wildman–Crippen MR) is 131 cm³/mol. The highest BCUT2D eigenvalue weighted by molar-refractivity contribution is 8.00. The van der Waals surface area contributed by atoms with E-state index in [1.807, 2.05) is 52.9 Å². The lowest BCUT2D eigenvalue weighted by molar-refractivity contribution is -0.117. The van der Waals surface area contributed by atoms with Gasteiger partial charge >= 0.3 is 0 Å². The van der Waals surface area contributed by atoms with Crippen molar-refractivity contribution in [3.8, 4) is 10.4 Å². The van der Waals surface area contributed by atoms with Crippen molar-refractivity contribution in [2.45, 2.75) is 30.2 Å². The van der Waals surface area contributed by atoms with E-state index in [0.29, 0.717) is 10.5 Å². The molecule has 31 heavy (non-hydrogen) atoms. The first-order valence-corrected chi connectivity index (χ1v) is 12.8. The van der Waals surface area contributed by atoms with Crippen molar-refractivity contribution in [2.75, 3.05) is 11.4 Å². The first kappa shape index (κ1) is 20.5. The highest BCUT2D eigenvalue weighted by Gasteiger charge is 2.28. The van der Waals surface area contributed by atoms with Crippen LogP contribution in [-0.2, 0) is 18.3 Å². The van der Waals surface area contributed by atoms with Gasteiger partial charge in [-0.25, -0.2) is 4.98 Å². The lowest BCUT2D eigenvalue weighted by Gasteiger charge is -2.31. The average Bonchev–Trinajstić information content (AvgIpc) is 3.46. The molecule has 4 aromatic rings. The fourth-order valence-corrected chi connectivity index (χ4v) is 6.70. The topological polar surface area (TPSA) is 55.2 Å². The van der Waals surface area contributed by atoms with E-state index in [4.69, 9.17) is 4.98 Å². The summed E-state index contributed by atoms with van der Waals surface area (Å²) in [5.74, 6) is 0.0527. The third kappa shape index (κ3) is 3.62. The number of carbonyl (C=O) groups excluding carboxylic acids is 1. The minimum atomic E-state index is -0.349. The number of hydrogen-bond acceptors (Lipinski definition) is 6. The van der Waals surface area contributed by atoms with Gasteiger partial charge in [-0.1, -0.05) is 36.0 Å². The molecule has 1 aliphatic heterocycles. The molecule has 1 aliphatic rings. The van der Waals surface area contributed by atoms with Gasteiger partial charge in [-0.3, -0.25) is 14.2 Å². The summed E-state index contributed by atoms with van der Waals surface area (Å²) in [7, 11) is 1.74. The van der Waals surface area contributed by atoms with Crippen LogP contribution in [0.2, 0.25) is 0 Å². The summed E-state index contributed by atoms with van der Waals surface area (Å²) in [6.45, 7) is 2.62. The Morgan fingerprint density at radius 3 is 2.84 bits per heavy atom. The number of para-hydroxylation sites is 1. The Balaban J connectivity index is 1.45. The lowest BCUT2D eigenvalue weighted by Crippen LogP contribution is -2.40. The molecule has 0 saturated carbocycles. The van der Waals surface area contributed by atoms with Crippen molar-refractivity contribution < 1.29 is 4.79 Å². The van der Waals surface area contributed by atoms with Gasteiger partial charge in [-0.05, 0) is 42.8 Å². The van der Waals surface area contributed by atoms with Crippen LogP contribution in [0.15, 0.2) is 57.1 Å². The molecule has 8 heteroatoms. The molecule has 158 valence electrons. The number of thiophene rings is 2. The summed E-state index contributed by atoms with van der Waals surface area (Å²) in [5, 5.41) is 4.89. The summed E-state index contributed by atoms with van der Waals surface area (Å²) >= 11 is 4.44. The van der Waals surface area contributed by atoms with E-state index in [1.54, 1.807) is 23.0 Å². The molecule has 0 N–H and O–H groups in total. The molecule has 0 spiro atoms. The first-order valence-electron chi connectivity index (χ1n) is 10.1. The van der Waals surface area contributed by atoms with Gasteiger partial charge in [0, 0.05) is 35.1 Å². The Hall–Kier alpha value is -2.42. The van der Waals surface area contributed by atoms with E-state index in [1.165, 1.54) is 28.7 Å². The zero-order chi connectivity index (χ0) is 21.5. The standard InChI is InChI=1S/C23H21N3O2S3/c1-14(21(27)26-11-5-8-15-7-3-4-9-17(15)26)31-23-24-20-19(22(28)25(23)2)16(13-30-20)18-10-6-12-29-18/h3-4,6-7,9-10,12-14H,5,8,11H2,1-2H3. The maximum absolute atomic E-state index is 13.3. The minimum Gasteiger partial charge on any atom is -0.311 e. The van der Waals surface area contributed by atoms with Gasteiger partial charge in [0.15, 0.2) is 5.16 Å². The molecule has 5 nitrogen and oxygen atoms in total. The number of hydrogen-bond donors (Lipinski definition) is 0. The van der Waals surface area contributed by atoms with Crippen LogP contribution in [0.5, 0.6) is 0 Å². The molecule has 4 heterocycles. The molecule has 1 unspecified atom stereocenters. The number of rotatable bonds is 4. The number of aromatic nitrogens is 2. The molecule has 1 atom stereocenters. The minimum absolute atomic E-state index is 0.0527. The Morgan fingerprint density at radius 2 is 2.03 bits per heavy atom. The number of carbonyl (C=O) groups is 1. The number of amides is 1. The molecule has 5 rings (SSSR count). The second-order valence-electron chi connectivity index (χ2n) is 7.55. The van der Waals surface area contributed by atoms with Crippen molar-refractivity contribution in [1.29, 1.82) is 0 Å². The summed E-state index contributed by atoms with van der Waals surface area (Å²) < 4.78 is 1.57. The van der Waals surface area contributed by atoms with Gasteiger partial charge < -0.3 is 4.90 Å². The van der Waals surface area contributed by atoms with Crippen molar-refractivity contribution in [3.05, 3.63) is 63.1 Å². The summed E-state index contributed by atoms with van der Waals surface area (Å²) in [6.07, 6.45) is 1.96. The van der Waals surface area contributed by atoms with Crippen LogP contribution < -0.4 is 10.5 Å². The van der Waals surface area contributed by atoms with E-state index < -0.39 is 0 Å². The SMILES string of the molecule is CC(Sc1nc2scc(-c3cccs3)c2c(=O)n1C)C(=O)N1CCCc2ccccc21. The first-order chi connectivity index (χ1) is 15.0. The van der Waals surface area contributed by atoms with Gasteiger partial charge in [0.05, 0.1) is 10.6 Å². The molecule has 3 aromatic heterocycles. The van der Waals surface area contributed by atoms with Crippen LogP contribution >= 0.6 is 34.4 Å². The van der Waals surface area contributed by atoms with E-state index in [-0.39, 0.29) is 16.7 Å². The van der Waals surface area contributed by atoms with Crippen molar-refractivity contribution in [1.82, 2.24) is 9.55 Å². The summed E-state index contributed by atoms with van der Waals surface area (Å²) in [4.78, 5) is 34.9. The van der Waals surface area contributed by atoms with E-state index in [0.717, 1.165) is 40.3 Å². The summed E-state index contributed by atoms with van der Waals surface area (Å²) in [5.41, 5.74) is 3.09.